The molecule has 0 aliphatic rings. The van der Waals surface area contributed by atoms with Crippen LogP contribution in [0.25, 0.3) is 10.8 Å². The van der Waals surface area contributed by atoms with Gasteiger partial charge in [-0.2, -0.15) is 0 Å². The zero-order valence-electron chi connectivity index (χ0n) is 9.64. The van der Waals surface area contributed by atoms with Crippen molar-refractivity contribution in [2.75, 3.05) is 6.61 Å². The molecule has 0 bridgehead atoms. The Hall–Kier alpha value is -2.03. The van der Waals surface area contributed by atoms with E-state index in [1.54, 1.807) is 0 Å². The molecule has 0 atom stereocenters. The molecule has 2 rings (SSSR count). The molecule has 1 N–H and O–H groups in total. The zero-order valence-corrected chi connectivity index (χ0v) is 9.64. The second kappa shape index (κ2) is 4.87. The normalized spacial score (nSPS) is 10.4. The first-order valence-corrected chi connectivity index (χ1v) is 5.57. The fraction of sp³-hybridized carbons (Fsp3) is 0.214. The van der Waals surface area contributed by atoms with Crippen molar-refractivity contribution >= 4 is 16.7 Å². The van der Waals surface area contributed by atoms with E-state index in [2.05, 4.69) is 0 Å². The van der Waals surface area contributed by atoms with Crippen molar-refractivity contribution in [2.45, 2.75) is 13.3 Å². The van der Waals surface area contributed by atoms with Crippen molar-refractivity contribution < 1.29 is 14.6 Å². The van der Waals surface area contributed by atoms with Gasteiger partial charge in [0, 0.05) is 5.56 Å². The van der Waals surface area contributed by atoms with E-state index in [0.717, 1.165) is 22.8 Å². The Kier molecular flexibility index (Phi) is 3.28. The average molecular weight is 230 g/mol. The van der Waals surface area contributed by atoms with Crippen molar-refractivity contribution in [3.05, 3.63) is 42.0 Å². The third kappa shape index (κ3) is 2.38. The number of carboxylic acid groups (broad SMARTS) is 1. The first-order valence-electron chi connectivity index (χ1n) is 5.57. The molecule has 0 fully saturated rings. The third-order valence-electron chi connectivity index (χ3n) is 2.70. The maximum absolute atomic E-state index is 10.5. The van der Waals surface area contributed by atoms with E-state index in [1.165, 1.54) is 0 Å². The molecule has 0 radical (unpaired) electrons. The van der Waals surface area contributed by atoms with E-state index in [-0.39, 0.29) is 6.61 Å². The van der Waals surface area contributed by atoms with Crippen LogP contribution in [-0.4, -0.2) is 17.7 Å². The van der Waals surface area contributed by atoms with Crippen LogP contribution < -0.4 is 4.74 Å². The summed E-state index contributed by atoms with van der Waals surface area (Å²) in [6.45, 7) is 1.74. The smallest absolute Gasteiger partial charge is 0.341 e. The molecule has 3 heteroatoms. The summed E-state index contributed by atoms with van der Waals surface area (Å²) in [4.78, 5) is 10.5. The average Bonchev–Trinajstić information content (AvgIpc) is 2.35. The number of carboxylic acids is 1. The molecule has 88 valence electrons. The molecule has 3 nitrogen and oxygen atoms in total. The minimum atomic E-state index is -0.958. The predicted molar refractivity (Wildman–Crippen MR) is 66.5 cm³/mol. The second-order valence-corrected chi connectivity index (χ2v) is 3.80. The van der Waals surface area contributed by atoms with Crippen LogP contribution >= 0.6 is 0 Å². The number of carbonyl (C=O) groups is 1. The second-order valence-electron chi connectivity index (χ2n) is 3.80. The molecule has 0 unspecified atom stereocenters. The summed E-state index contributed by atoms with van der Waals surface area (Å²) in [7, 11) is 0. The quantitative estimate of drug-likeness (QED) is 0.878. The Morgan fingerprint density at radius 3 is 2.71 bits per heavy atom. The highest BCUT2D eigenvalue weighted by atomic mass is 16.5. The lowest BCUT2D eigenvalue weighted by Gasteiger charge is -2.11. The molecular weight excluding hydrogens is 216 g/mol. The van der Waals surface area contributed by atoms with Gasteiger partial charge in [0.2, 0.25) is 0 Å². The van der Waals surface area contributed by atoms with Gasteiger partial charge < -0.3 is 9.84 Å². The summed E-state index contributed by atoms with van der Waals surface area (Å²) in [6, 6.07) is 11.8. The zero-order chi connectivity index (χ0) is 12.3. The van der Waals surface area contributed by atoms with E-state index >= 15 is 0 Å². The number of aryl methyl sites for hydroxylation is 1. The van der Waals surface area contributed by atoms with Gasteiger partial charge in [0.1, 0.15) is 5.75 Å². The lowest BCUT2D eigenvalue weighted by Crippen LogP contribution is -2.10. The molecule has 2 aromatic rings. The molecule has 2 aromatic carbocycles. The highest BCUT2D eigenvalue weighted by Crippen LogP contribution is 2.28. The van der Waals surface area contributed by atoms with Crippen molar-refractivity contribution in [1.29, 1.82) is 0 Å². The summed E-state index contributed by atoms with van der Waals surface area (Å²) in [5, 5.41) is 10.9. The Bertz CT molecular complexity index is 546. The van der Waals surface area contributed by atoms with Gasteiger partial charge in [0.25, 0.3) is 0 Å². The van der Waals surface area contributed by atoms with Crippen LogP contribution in [0.15, 0.2) is 36.4 Å². The highest BCUT2D eigenvalue weighted by molar-refractivity contribution is 5.87. The van der Waals surface area contributed by atoms with Gasteiger partial charge >= 0.3 is 5.97 Å². The van der Waals surface area contributed by atoms with Gasteiger partial charge in [-0.05, 0) is 23.3 Å². The number of hydrogen-bond donors (Lipinski definition) is 1. The SMILES string of the molecule is CCc1c(OCC(=O)O)ccc2ccccc12. The predicted octanol–water partition coefficient (Wildman–Crippen LogP) is 2.87. The van der Waals surface area contributed by atoms with Gasteiger partial charge in [-0.1, -0.05) is 37.3 Å². The number of rotatable bonds is 4. The summed E-state index contributed by atoms with van der Waals surface area (Å²) in [5.74, 6) is -0.297. The van der Waals surface area contributed by atoms with E-state index < -0.39 is 5.97 Å². The fourth-order valence-corrected chi connectivity index (χ4v) is 1.96. The standard InChI is InChI=1S/C14H14O3/c1-2-11-12-6-4-3-5-10(12)7-8-13(11)17-9-14(15)16/h3-8H,2,9H2,1H3,(H,15,16). The molecule has 0 aromatic heterocycles. The molecule has 0 heterocycles. The first kappa shape index (κ1) is 11.5. The first-order chi connectivity index (χ1) is 8.22. The summed E-state index contributed by atoms with van der Waals surface area (Å²) >= 11 is 0. The molecule has 0 saturated heterocycles. The number of aliphatic carboxylic acids is 1. The van der Waals surface area contributed by atoms with Gasteiger partial charge in [0.05, 0.1) is 0 Å². The number of ether oxygens (including phenoxy) is 1. The topological polar surface area (TPSA) is 46.5 Å². The number of hydrogen-bond acceptors (Lipinski definition) is 2. The van der Waals surface area contributed by atoms with E-state index in [1.807, 2.05) is 43.3 Å². The largest absolute Gasteiger partial charge is 0.482 e. The van der Waals surface area contributed by atoms with Crippen LogP contribution in [0.1, 0.15) is 12.5 Å². The van der Waals surface area contributed by atoms with Crippen LogP contribution in [0, 0.1) is 0 Å². The number of fused-ring (bicyclic) bond motifs is 1. The third-order valence-corrected chi connectivity index (χ3v) is 2.70. The lowest BCUT2D eigenvalue weighted by atomic mass is 10.0. The van der Waals surface area contributed by atoms with Gasteiger partial charge in [-0.3, -0.25) is 0 Å². The van der Waals surface area contributed by atoms with E-state index in [4.69, 9.17) is 9.84 Å². The fourth-order valence-electron chi connectivity index (χ4n) is 1.96. The van der Waals surface area contributed by atoms with E-state index in [0.29, 0.717) is 5.75 Å². The molecule has 0 amide bonds. The molecular formula is C14H14O3. The molecule has 0 spiro atoms. The lowest BCUT2D eigenvalue weighted by molar-refractivity contribution is -0.139. The maximum atomic E-state index is 10.5. The summed E-state index contributed by atoms with van der Waals surface area (Å²) < 4.78 is 5.30. The van der Waals surface area contributed by atoms with Crippen LogP contribution in [0.4, 0.5) is 0 Å². The van der Waals surface area contributed by atoms with Crippen LogP contribution in [0.2, 0.25) is 0 Å². The van der Waals surface area contributed by atoms with Crippen molar-refractivity contribution in [3.63, 3.8) is 0 Å². The van der Waals surface area contributed by atoms with Crippen LogP contribution in [0.3, 0.4) is 0 Å². The van der Waals surface area contributed by atoms with Crippen LogP contribution in [-0.2, 0) is 11.2 Å². The maximum Gasteiger partial charge on any atom is 0.341 e. The molecule has 17 heavy (non-hydrogen) atoms. The van der Waals surface area contributed by atoms with Gasteiger partial charge in [-0.15, -0.1) is 0 Å². The van der Waals surface area contributed by atoms with Crippen LogP contribution in [0.5, 0.6) is 5.75 Å². The van der Waals surface area contributed by atoms with Crippen molar-refractivity contribution in [2.24, 2.45) is 0 Å². The minimum Gasteiger partial charge on any atom is -0.482 e. The molecule has 0 aliphatic carbocycles. The highest BCUT2D eigenvalue weighted by Gasteiger charge is 2.08. The monoisotopic (exact) mass is 230 g/mol. The Morgan fingerprint density at radius 1 is 1.24 bits per heavy atom. The van der Waals surface area contributed by atoms with Gasteiger partial charge in [0.15, 0.2) is 6.61 Å². The Labute approximate surface area is 99.6 Å². The Balaban J connectivity index is 2.45. The molecule has 0 aliphatic heterocycles. The summed E-state index contributed by atoms with van der Waals surface area (Å²) in [6.07, 6.45) is 0.816. The molecule has 0 saturated carbocycles. The van der Waals surface area contributed by atoms with Crippen molar-refractivity contribution in [1.82, 2.24) is 0 Å². The minimum absolute atomic E-state index is 0.300. The Morgan fingerprint density at radius 2 is 2.00 bits per heavy atom. The van der Waals surface area contributed by atoms with E-state index in [9.17, 15) is 4.79 Å². The van der Waals surface area contributed by atoms with Gasteiger partial charge in [-0.25, -0.2) is 4.79 Å². The number of benzene rings is 2. The summed E-state index contributed by atoms with van der Waals surface area (Å²) in [5.41, 5.74) is 1.06. The van der Waals surface area contributed by atoms with Crippen molar-refractivity contribution in [3.8, 4) is 5.75 Å².